The zero-order valence-electron chi connectivity index (χ0n) is 12.6. The van der Waals surface area contributed by atoms with E-state index in [-0.39, 0.29) is 0 Å². The first-order valence-electron chi connectivity index (χ1n) is 7.29. The van der Waals surface area contributed by atoms with Crippen LogP contribution in [0.3, 0.4) is 0 Å². The second kappa shape index (κ2) is 6.00. The Bertz CT molecular complexity index is 709. The first-order valence-corrected chi connectivity index (χ1v) is 8.11. The third-order valence-electron chi connectivity index (χ3n) is 3.37. The molecule has 0 bridgehead atoms. The average Bonchev–Trinajstić information content (AvgIpc) is 3.02. The largest absolute Gasteiger partial charge is 0.454 e. The number of aromatic nitrogens is 1. The minimum absolute atomic E-state index is 0.660. The summed E-state index contributed by atoms with van der Waals surface area (Å²) in [5.41, 5.74) is 2.01. The van der Waals surface area contributed by atoms with Crippen molar-refractivity contribution in [1.82, 2.24) is 10.3 Å². The van der Waals surface area contributed by atoms with Crippen LogP contribution in [0.15, 0.2) is 34.7 Å². The summed E-state index contributed by atoms with van der Waals surface area (Å²) in [6.45, 7) is 8.40. The highest BCUT2D eigenvalue weighted by Crippen LogP contribution is 2.32. The Kier molecular flexibility index (Phi) is 4.08. The van der Waals surface area contributed by atoms with Crippen LogP contribution in [0.2, 0.25) is 0 Å². The molecular formula is C17H20N2OS. The SMILES string of the molecule is Cc1nc(-c2cc3ccccc3o2)sc1CNCC(C)C. The van der Waals surface area contributed by atoms with Crippen LogP contribution in [0.25, 0.3) is 21.7 Å². The van der Waals surface area contributed by atoms with E-state index in [2.05, 4.69) is 43.2 Å². The second-order valence-electron chi connectivity index (χ2n) is 5.70. The summed E-state index contributed by atoms with van der Waals surface area (Å²) >= 11 is 1.71. The van der Waals surface area contributed by atoms with Gasteiger partial charge in [-0.2, -0.15) is 0 Å². The van der Waals surface area contributed by atoms with E-state index in [0.717, 1.165) is 40.5 Å². The van der Waals surface area contributed by atoms with Gasteiger partial charge in [-0.1, -0.05) is 32.0 Å². The van der Waals surface area contributed by atoms with Crippen LogP contribution in [-0.4, -0.2) is 11.5 Å². The normalized spacial score (nSPS) is 11.6. The average molecular weight is 300 g/mol. The Labute approximate surface area is 129 Å². The van der Waals surface area contributed by atoms with E-state index < -0.39 is 0 Å². The van der Waals surface area contributed by atoms with E-state index in [9.17, 15) is 0 Å². The number of aryl methyl sites for hydroxylation is 1. The molecule has 0 unspecified atom stereocenters. The number of thiazole rings is 1. The van der Waals surface area contributed by atoms with Gasteiger partial charge in [-0.15, -0.1) is 11.3 Å². The number of rotatable bonds is 5. The van der Waals surface area contributed by atoms with Gasteiger partial charge in [0, 0.05) is 16.8 Å². The quantitative estimate of drug-likeness (QED) is 0.747. The Morgan fingerprint density at radius 2 is 2.10 bits per heavy atom. The lowest BCUT2D eigenvalue weighted by atomic mass is 10.2. The fraction of sp³-hybridized carbons (Fsp3) is 0.353. The molecule has 0 aliphatic carbocycles. The number of para-hydroxylation sites is 1. The Morgan fingerprint density at radius 1 is 1.29 bits per heavy atom. The van der Waals surface area contributed by atoms with E-state index in [1.165, 1.54) is 4.88 Å². The fourth-order valence-corrected chi connectivity index (χ4v) is 3.24. The van der Waals surface area contributed by atoms with Gasteiger partial charge in [-0.25, -0.2) is 4.98 Å². The summed E-state index contributed by atoms with van der Waals surface area (Å²) in [4.78, 5) is 5.94. The lowest BCUT2D eigenvalue weighted by molar-refractivity contribution is 0.554. The molecule has 2 aromatic heterocycles. The van der Waals surface area contributed by atoms with Crippen molar-refractivity contribution in [3.63, 3.8) is 0 Å². The molecule has 2 heterocycles. The number of hydrogen-bond acceptors (Lipinski definition) is 4. The molecule has 3 nitrogen and oxygen atoms in total. The molecule has 0 aliphatic heterocycles. The van der Waals surface area contributed by atoms with E-state index >= 15 is 0 Å². The summed E-state index contributed by atoms with van der Waals surface area (Å²) in [6, 6.07) is 10.1. The van der Waals surface area contributed by atoms with E-state index in [1.54, 1.807) is 11.3 Å². The van der Waals surface area contributed by atoms with Crippen LogP contribution in [-0.2, 0) is 6.54 Å². The monoisotopic (exact) mass is 300 g/mol. The van der Waals surface area contributed by atoms with Gasteiger partial charge >= 0.3 is 0 Å². The van der Waals surface area contributed by atoms with Crippen LogP contribution >= 0.6 is 11.3 Å². The number of benzene rings is 1. The Hall–Kier alpha value is -1.65. The van der Waals surface area contributed by atoms with Crippen molar-refractivity contribution in [2.75, 3.05) is 6.54 Å². The molecule has 4 heteroatoms. The molecule has 21 heavy (non-hydrogen) atoms. The van der Waals surface area contributed by atoms with E-state index in [0.29, 0.717) is 5.92 Å². The van der Waals surface area contributed by atoms with Crippen LogP contribution in [0.5, 0.6) is 0 Å². The second-order valence-corrected chi connectivity index (χ2v) is 6.78. The Balaban J connectivity index is 1.82. The minimum Gasteiger partial charge on any atom is -0.454 e. The van der Waals surface area contributed by atoms with E-state index in [1.807, 2.05) is 18.2 Å². The van der Waals surface area contributed by atoms with Crippen molar-refractivity contribution in [3.05, 3.63) is 40.9 Å². The molecule has 3 aromatic rings. The highest BCUT2D eigenvalue weighted by Gasteiger charge is 2.13. The van der Waals surface area contributed by atoms with Crippen molar-refractivity contribution in [2.45, 2.75) is 27.3 Å². The van der Waals surface area contributed by atoms with Crippen molar-refractivity contribution in [3.8, 4) is 10.8 Å². The van der Waals surface area contributed by atoms with Crippen LogP contribution < -0.4 is 5.32 Å². The number of nitrogens with one attached hydrogen (secondary N) is 1. The molecule has 3 rings (SSSR count). The lowest BCUT2D eigenvalue weighted by Gasteiger charge is -2.05. The number of fused-ring (bicyclic) bond motifs is 1. The van der Waals surface area contributed by atoms with Crippen molar-refractivity contribution in [2.24, 2.45) is 5.92 Å². The predicted molar refractivity (Wildman–Crippen MR) is 88.6 cm³/mol. The number of hydrogen-bond donors (Lipinski definition) is 1. The molecule has 0 aliphatic rings. The third-order valence-corrected chi connectivity index (χ3v) is 4.54. The van der Waals surface area contributed by atoms with Gasteiger partial charge in [0.05, 0.1) is 5.69 Å². The van der Waals surface area contributed by atoms with Crippen LogP contribution in [0.4, 0.5) is 0 Å². The molecular weight excluding hydrogens is 280 g/mol. The van der Waals surface area contributed by atoms with Crippen molar-refractivity contribution in [1.29, 1.82) is 0 Å². The number of furan rings is 1. The van der Waals surface area contributed by atoms with Gasteiger partial charge in [0.25, 0.3) is 0 Å². The minimum atomic E-state index is 0.660. The molecule has 0 saturated carbocycles. The maximum Gasteiger partial charge on any atom is 0.164 e. The lowest BCUT2D eigenvalue weighted by Crippen LogP contribution is -2.18. The van der Waals surface area contributed by atoms with Crippen molar-refractivity contribution >= 4 is 22.3 Å². The molecule has 110 valence electrons. The standard InChI is InChI=1S/C17H20N2OS/c1-11(2)9-18-10-16-12(3)19-17(21-16)15-8-13-6-4-5-7-14(13)20-15/h4-8,11,18H,9-10H2,1-3H3. The maximum atomic E-state index is 5.89. The van der Waals surface area contributed by atoms with Gasteiger partial charge < -0.3 is 9.73 Å². The summed E-state index contributed by atoms with van der Waals surface area (Å²) in [7, 11) is 0. The van der Waals surface area contributed by atoms with Gasteiger partial charge in [0.2, 0.25) is 0 Å². The molecule has 0 fully saturated rings. The predicted octanol–water partition coefficient (Wildman–Crippen LogP) is 4.61. The smallest absolute Gasteiger partial charge is 0.164 e. The highest BCUT2D eigenvalue weighted by molar-refractivity contribution is 7.15. The third kappa shape index (κ3) is 3.17. The van der Waals surface area contributed by atoms with Crippen LogP contribution in [0.1, 0.15) is 24.4 Å². The summed E-state index contributed by atoms with van der Waals surface area (Å²) in [5.74, 6) is 1.52. The molecule has 0 radical (unpaired) electrons. The zero-order valence-corrected chi connectivity index (χ0v) is 13.5. The zero-order chi connectivity index (χ0) is 14.8. The summed E-state index contributed by atoms with van der Waals surface area (Å²) in [6.07, 6.45) is 0. The molecule has 1 N–H and O–H groups in total. The first kappa shape index (κ1) is 14.3. The fourth-order valence-electron chi connectivity index (χ4n) is 2.26. The molecule has 0 spiro atoms. The maximum absolute atomic E-state index is 5.89. The van der Waals surface area contributed by atoms with Crippen LogP contribution in [0, 0.1) is 12.8 Å². The molecule has 0 saturated heterocycles. The Morgan fingerprint density at radius 3 is 2.86 bits per heavy atom. The van der Waals surface area contributed by atoms with Crippen molar-refractivity contribution < 1.29 is 4.42 Å². The van der Waals surface area contributed by atoms with Gasteiger partial charge in [-0.05, 0) is 31.5 Å². The first-order chi connectivity index (χ1) is 10.1. The molecule has 1 aromatic carbocycles. The molecule has 0 atom stereocenters. The number of nitrogens with zero attached hydrogens (tertiary/aromatic N) is 1. The van der Waals surface area contributed by atoms with Gasteiger partial charge in [-0.3, -0.25) is 0 Å². The topological polar surface area (TPSA) is 38.1 Å². The summed E-state index contributed by atoms with van der Waals surface area (Å²) < 4.78 is 5.89. The van der Waals surface area contributed by atoms with Gasteiger partial charge in [0.15, 0.2) is 10.8 Å². The highest BCUT2D eigenvalue weighted by atomic mass is 32.1. The van der Waals surface area contributed by atoms with E-state index in [4.69, 9.17) is 4.42 Å². The summed E-state index contributed by atoms with van der Waals surface area (Å²) in [5, 5.41) is 5.56. The van der Waals surface area contributed by atoms with Gasteiger partial charge in [0.1, 0.15) is 5.58 Å². The molecule has 0 amide bonds.